The molecule has 1 rings (SSSR count). The van der Waals surface area contributed by atoms with Crippen molar-refractivity contribution in [1.29, 1.82) is 0 Å². The largest absolute Gasteiger partial charge is 0.391 e. The van der Waals surface area contributed by atoms with E-state index in [-0.39, 0.29) is 6.04 Å². The van der Waals surface area contributed by atoms with Crippen LogP contribution in [0.5, 0.6) is 0 Å². The molecule has 0 amide bonds. The van der Waals surface area contributed by atoms with Gasteiger partial charge in [-0.1, -0.05) is 30.7 Å². The number of aliphatic hydroxyl groups excluding tert-OH is 1. The van der Waals surface area contributed by atoms with Crippen molar-refractivity contribution in [2.24, 2.45) is 5.73 Å². The highest BCUT2D eigenvalue weighted by molar-refractivity contribution is 6.31. The van der Waals surface area contributed by atoms with E-state index in [1.54, 1.807) is 0 Å². The molecule has 0 aromatic heterocycles. The summed E-state index contributed by atoms with van der Waals surface area (Å²) in [6.07, 6.45) is 0.165. The lowest BCUT2D eigenvalue weighted by atomic mass is 9.99. The van der Waals surface area contributed by atoms with Crippen LogP contribution in [-0.4, -0.2) is 11.2 Å². The standard InChI is InChI=1S/C11H16ClNO/c1-3-10(14)11(13)8-4-5-9(12)7(2)6-8/h4-6,10-11,14H,3,13H2,1-2H3. The third kappa shape index (κ3) is 2.47. The molecule has 78 valence electrons. The summed E-state index contributed by atoms with van der Waals surface area (Å²) in [6.45, 7) is 3.84. The third-order valence-corrected chi connectivity index (χ3v) is 2.82. The minimum atomic E-state index is -0.490. The van der Waals surface area contributed by atoms with Gasteiger partial charge in [-0.25, -0.2) is 0 Å². The quantitative estimate of drug-likeness (QED) is 0.810. The molecule has 0 radical (unpaired) electrons. The SMILES string of the molecule is CCC(O)C(N)c1ccc(Cl)c(C)c1. The summed E-state index contributed by atoms with van der Waals surface area (Å²) in [5.41, 5.74) is 7.80. The first-order chi connectivity index (χ1) is 6.56. The van der Waals surface area contributed by atoms with E-state index in [0.717, 1.165) is 16.1 Å². The molecular weight excluding hydrogens is 198 g/mol. The number of aliphatic hydroxyl groups is 1. The molecule has 3 N–H and O–H groups in total. The zero-order valence-electron chi connectivity index (χ0n) is 8.50. The molecular formula is C11H16ClNO. The van der Waals surface area contributed by atoms with Crippen LogP contribution < -0.4 is 5.73 Å². The highest BCUT2D eigenvalue weighted by Gasteiger charge is 2.15. The Morgan fingerprint density at radius 1 is 1.50 bits per heavy atom. The second-order valence-electron chi connectivity index (χ2n) is 3.51. The molecule has 0 saturated heterocycles. The van der Waals surface area contributed by atoms with E-state index >= 15 is 0 Å². The topological polar surface area (TPSA) is 46.2 Å². The Labute approximate surface area is 89.7 Å². The Balaban J connectivity index is 2.91. The summed E-state index contributed by atoms with van der Waals surface area (Å²) >= 11 is 5.90. The molecule has 0 saturated carbocycles. The van der Waals surface area contributed by atoms with Gasteiger partial charge >= 0.3 is 0 Å². The number of hydrogen-bond donors (Lipinski definition) is 2. The Morgan fingerprint density at radius 3 is 2.64 bits per heavy atom. The van der Waals surface area contributed by atoms with Crippen LogP contribution in [0.15, 0.2) is 18.2 Å². The molecule has 1 aromatic rings. The Kier molecular flexibility index (Phi) is 3.93. The second-order valence-corrected chi connectivity index (χ2v) is 3.92. The minimum Gasteiger partial charge on any atom is -0.391 e. The maximum absolute atomic E-state index is 9.58. The first kappa shape index (κ1) is 11.5. The van der Waals surface area contributed by atoms with Gasteiger partial charge in [0, 0.05) is 5.02 Å². The van der Waals surface area contributed by atoms with Crippen molar-refractivity contribution >= 4 is 11.6 Å². The normalized spacial score (nSPS) is 15.2. The molecule has 3 heteroatoms. The van der Waals surface area contributed by atoms with Gasteiger partial charge in [0.05, 0.1) is 12.1 Å². The number of nitrogens with two attached hydrogens (primary N) is 1. The van der Waals surface area contributed by atoms with Crippen molar-refractivity contribution in [3.8, 4) is 0 Å². The monoisotopic (exact) mass is 213 g/mol. The van der Waals surface area contributed by atoms with Crippen molar-refractivity contribution in [3.05, 3.63) is 34.3 Å². The maximum Gasteiger partial charge on any atom is 0.0730 e. The fourth-order valence-corrected chi connectivity index (χ4v) is 1.47. The maximum atomic E-state index is 9.58. The van der Waals surface area contributed by atoms with Gasteiger partial charge in [0.25, 0.3) is 0 Å². The average Bonchev–Trinajstić information content (AvgIpc) is 2.20. The predicted octanol–water partition coefficient (Wildman–Crippen LogP) is 2.42. The molecule has 2 atom stereocenters. The summed E-state index contributed by atoms with van der Waals surface area (Å²) in [7, 11) is 0. The lowest BCUT2D eigenvalue weighted by Crippen LogP contribution is -2.25. The van der Waals surface area contributed by atoms with Gasteiger partial charge in [0.15, 0.2) is 0 Å². The molecule has 2 nitrogen and oxygen atoms in total. The molecule has 0 aliphatic heterocycles. The van der Waals surface area contributed by atoms with Crippen LogP contribution in [0.1, 0.15) is 30.5 Å². The molecule has 14 heavy (non-hydrogen) atoms. The lowest BCUT2D eigenvalue weighted by Gasteiger charge is -2.18. The van der Waals surface area contributed by atoms with Crippen LogP contribution >= 0.6 is 11.6 Å². The average molecular weight is 214 g/mol. The van der Waals surface area contributed by atoms with E-state index in [1.165, 1.54) is 0 Å². The van der Waals surface area contributed by atoms with E-state index in [0.29, 0.717) is 6.42 Å². The van der Waals surface area contributed by atoms with Gasteiger partial charge in [-0.2, -0.15) is 0 Å². The highest BCUT2D eigenvalue weighted by Crippen LogP contribution is 2.22. The van der Waals surface area contributed by atoms with Gasteiger partial charge < -0.3 is 10.8 Å². The van der Waals surface area contributed by atoms with Crippen LogP contribution in [-0.2, 0) is 0 Å². The van der Waals surface area contributed by atoms with E-state index in [2.05, 4.69) is 0 Å². The highest BCUT2D eigenvalue weighted by atomic mass is 35.5. The fraction of sp³-hybridized carbons (Fsp3) is 0.455. The van der Waals surface area contributed by atoms with E-state index in [9.17, 15) is 5.11 Å². The molecule has 0 fully saturated rings. The zero-order valence-corrected chi connectivity index (χ0v) is 9.25. The van der Waals surface area contributed by atoms with Gasteiger partial charge in [-0.05, 0) is 30.5 Å². The van der Waals surface area contributed by atoms with Gasteiger partial charge in [-0.3, -0.25) is 0 Å². The van der Waals surface area contributed by atoms with E-state index in [4.69, 9.17) is 17.3 Å². The molecule has 2 unspecified atom stereocenters. The van der Waals surface area contributed by atoms with E-state index < -0.39 is 6.10 Å². The van der Waals surface area contributed by atoms with Crippen molar-refractivity contribution < 1.29 is 5.11 Å². The minimum absolute atomic E-state index is 0.323. The van der Waals surface area contributed by atoms with Crippen LogP contribution in [0.25, 0.3) is 0 Å². The van der Waals surface area contributed by atoms with Gasteiger partial charge in [-0.15, -0.1) is 0 Å². The molecule has 0 aliphatic carbocycles. The molecule has 0 heterocycles. The Morgan fingerprint density at radius 2 is 2.14 bits per heavy atom. The summed E-state index contributed by atoms with van der Waals surface area (Å²) < 4.78 is 0. The van der Waals surface area contributed by atoms with E-state index in [1.807, 2.05) is 32.0 Å². The number of benzene rings is 1. The van der Waals surface area contributed by atoms with Crippen LogP contribution in [0, 0.1) is 6.92 Å². The van der Waals surface area contributed by atoms with Gasteiger partial charge in [0.2, 0.25) is 0 Å². The molecule has 0 spiro atoms. The van der Waals surface area contributed by atoms with Gasteiger partial charge in [0.1, 0.15) is 0 Å². The molecule has 1 aromatic carbocycles. The first-order valence-electron chi connectivity index (χ1n) is 4.76. The van der Waals surface area contributed by atoms with Crippen LogP contribution in [0.3, 0.4) is 0 Å². The summed E-state index contributed by atoms with van der Waals surface area (Å²) in [5, 5.41) is 10.3. The van der Waals surface area contributed by atoms with Crippen molar-refractivity contribution in [1.82, 2.24) is 0 Å². The summed E-state index contributed by atoms with van der Waals surface area (Å²) in [5.74, 6) is 0. The van der Waals surface area contributed by atoms with Crippen LogP contribution in [0.2, 0.25) is 5.02 Å². The Bertz CT molecular complexity index is 314. The van der Waals surface area contributed by atoms with Crippen molar-refractivity contribution in [3.63, 3.8) is 0 Å². The fourth-order valence-electron chi connectivity index (χ4n) is 1.35. The lowest BCUT2D eigenvalue weighted by molar-refractivity contribution is 0.140. The summed E-state index contributed by atoms with van der Waals surface area (Å²) in [4.78, 5) is 0. The zero-order chi connectivity index (χ0) is 10.7. The number of aryl methyl sites for hydroxylation is 1. The first-order valence-corrected chi connectivity index (χ1v) is 5.13. The van der Waals surface area contributed by atoms with Crippen LogP contribution in [0.4, 0.5) is 0 Å². The predicted molar refractivity (Wildman–Crippen MR) is 59.4 cm³/mol. The molecule has 0 aliphatic rings. The molecule has 0 bridgehead atoms. The van der Waals surface area contributed by atoms with Crippen molar-refractivity contribution in [2.45, 2.75) is 32.4 Å². The number of hydrogen-bond acceptors (Lipinski definition) is 2. The number of halogens is 1. The number of rotatable bonds is 3. The smallest absolute Gasteiger partial charge is 0.0730 e. The van der Waals surface area contributed by atoms with Crippen molar-refractivity contribution in [2.75, 3.05) is 0 Å². The Hall–Kier alpha value is -0.570. The third-order valence-electron chi connectivity index (χ3n) is 2.40. The second kappa shape index (κ2) is 4.78. The summed E-state index contributed by atoms with van der Waals surface area (Å²) in [6, 6.07) is 5.27.